The summed E-state index contributed by atoms with van der Waals surface area (Å²) in [6.45, 7) is 0. The van der Waals surface area contributed by atoms with Gasteiger partial charge in [0, 0.05) is 38.0 Å². The zero-order chi connectivity index (χ0) is 18.8. The second-order valence-electron chi connectivity index (χ2n) is 8.42. The van der Waals surface area contributed by atoms with E-state index in [1.54, 1.807) is 14.2 Å². The first-order chi connectivity index (χ1) is 13.2. The van der Waals surface area contributed by atoms with Gasteiger partial charge in [-0.15, -0.1) is 11.8 Å². The lowest BCUT2D eigenvalue weighted by Gasteiger charge is -2.43. The molecule has 0 aromatic carbocycles. The van der Waals surface area contributed by atoms with E-state index in [9.17, 15) is 4.79 Å². The van der Waals surface area contributed by atoms with Crippen LogP contribution in [-0.4, -0.2) is 62.0 Å². The average Bonchev–Trinajstić information content (AvgIpc) is 3.15. The van der Waals surface area contributed by atoms with Gasteiger partial charge >= 0.3 is 6.03 Å². The Morgan fingerprint density at radius 3 is 2.63 bits per heavy atom. The predicted molar refractivity (Wildman–Crippen MR) is 106 cm³/mol. The third-order valence-electron chi connectivity index (χ3n) is 6.94. The van der Waals surface area contributed by atoms with Crippen molar-refractivity contribution in [3.8, 4) is 0 Å². The fraction of sp³-hybridized carbons (Fsp3) is 0.947. The first-order valence-electron chi connectivity index (χ1n) is 10.4. The maximum absolute atomic E-state index is 12.0. The van der Waals surface area contributed by atoms with Crippen LogP contribution in [0.4, 0.5) is 4.79 Å². The van der Waals surface area contributed by atoms with Crippen LogP contribution in [0.5, 0.6) is 0 Å². The Morgan fingerprint density at radius 2 is 1.81 bits per heavy atom. The molecule has 7 nitrogen and oxygen atoms in total. The van der Waals surface area contributed by atoms with Gasteiger partial charge in [-0.25, -0.2) is 4.79 Å². The largest absolute Gasteiger partial charge is 0.379 e. The van der Waals surface area contributed by atoms with E-state index >= 15 is 0 Å². The molecule has 27 heavy (non-hydrogen) atoms. The zero-order valence-electron chi connectivity index (χ0n) is 16.4. The molecule has 2 aliphatic heterocycles. The standard InChI is InChI=1S/C19H34N4O3S/c1-25-15-8-7-11(9-16(15)26-2)14-10-27-19(21-14)23-17-12-5-3-4-6-13(12)20-18(24)22-17/h11-17,19,21,23H,3-10H2,1-2H3,(H2,20,22,24). The lowest BCUT2D eigenvalue weighted by atomic mass is 9.81. The van der Waals surface area contributed by atoms with Crippen LogP contribution in [0.1, 0.15) is 44.9 Å². The fourth-order valence-electron chi connectivity index (χ4n) is 5.40. The van der Waals surface area contributed by atoms with Crippen LogP contribution in [0.2, 0.25) is 0 Å². The number of urea groups is 1. The number of fused-ring (bicyclic) bond motifs is 1. The predicted octanol–water partition coefficient (Wildman–Crippen LogP) is 1.59. The first kappa shape index (κ1) is 19.8. The van der Waals surface area contributed by atoms with E-state index in [1.807, 2.05) is 11.8 Å². The Balaban J connectivity index is 1.31. The Kier molecular flexibility index (Phi) is 6.49. The topological polar surface area (TPSA) is 83.7 Å². The van der Waals surface area contributed by atoms with Gasteiger partial charge in [0.25, 0.3) is 0 Å². The van der Waals surface area contributed by atoms with Crippen molar-refractivity contribution < 1.29 is 14.3 Å². The van der Waals surface area contributed by atoms with E-state index in [4.69, 9.17) is 9.47 Å². The molecule has 0 aromatic rings. The summed E-state index contributed by atoms with van der Waals surface area (Å²) in [5.41, 5.74) is 0.196. The minimum atomic E-state index is -0.0315. The molecule has 4 N–H and O–H groups in total. The van der Waals surface area contributed by atoms with E-state index in [0.29, 0.717) is 23.9 Å². The van der Waals surface area contributed by atoms with Gasteiger partial charge < -0.3 is 20.1 Å². The normalized spacial score (nSPS) is 45.0. The minimum absolute atomic E-state index is 0.0315. The highest BCUT2D eigenvalue weighted by molar-refractivity contribution is 8.00. The van der Waals surface area contributed by atoms with Crippen molar-refractivity contribution >= 4 is 17.8 Å². The minimum Gasteiger partial charge on any atom is -0.379 e. The van der Waals surface area contributed by atoms with Crippen LogP contribution >= 0.6 is 11.8 Å². The van der Waals surface area contributed by atoms with Crippen molar-refractivity contribution in [1.82, 2.24) is 21.3 Å². The number of carbonyl (C=O) groups excluding carboxylic acids is 1. The van der Waals surface area contributed by atoms with Crippen molar-refractivity contribution in [3.05, 3.63) is 0 Å². The molecule has 4 fully saturated rings. The van der Waals surface area contributed by atoms with Crippen molar-refractivity contribution in [2.45, 2.75) is 80.9 Å². The van der Waals surface area contributed by atoms with Crippen LogP contribution in [-0.2, 0) is 9.47 Å². The highest BCUT2D eigenvalue weighted by Gasteiger charge is 2.41. The van der Waals surface area contributed by atoms with Crippen LogP contribution in [0.15, 0.2) is 0 Å². The van der Waals surface area contributed by atoms with Crippen molar-refractivity contribution in [1.29, 1.82) is 0 Å². The number of nitrogens with one attached hydrogen (secondary N) is 4. The van der Waals surface area contributed by atoms with Crippen molar-refractivity contribution in [3.63, 3.8) is 0 Å². The van der Waals surface area contributed by atoms with Crippen molar-refractivity contribution in [2.24, 2.45) is 11.8 Å². The fourth-order valence-corrected chi connectivity index (χ4v) is 6.68. The summed E-state index contributed by atoms with van der Waals surface area (Å²) in [5, 5.41) is 13.7. The molecular weight excluding hydrogens is 364 g/mol. The zero-order valence-corrected chi connectivity index (χ0v) is 17.2. The molecule has 8 unspecified atom stereocenters. The van der Waals surface area contributed by atoms with Crippen LogP contribution in [0.3, 0.4) is 0 Å². The summed E-state index contributed by atoms with van der Waals surface area (Å²) >= 11 is 1.93. The van der Waals surface area contributed by atoms with Crippen LogP contribution in [0, 0.1) is 11.8 Å². The summed E-state index contributed by atoms with van der Waals surface area (Å²) in [5.74, 6) is 2.20. The van der Waals surface area contributed by atoms with Gasteiger partial charge in [-0.2, -0.15) is 0 Å². The molecule has 0 bridgehead atoms. The number of rotatable bonds is 5. The third-order valence-corrected chi connectivity index (χ3v) is 8.09. The lowest BCUT2D eigenvalue weighted by molar-refractivity contribution is -0.0731. The molecule has 8 atom stereocenters. The molecule has 2 heterocycles. The summed E-state index contributed by atoms with van der Waals surface area (Å²) in [7, 11) is 3.58. The van der Waals surface area contributed by atoms with Crippen LogP contribution in [0.25, 0.3) is 0 Å². The van der Waals surface area contributed by atoms with Gasteiger partial charge in [-0.3, -0.25) is 10.6 Å². The van der Waals surface area contributed by atoms with E-state index in [-0.39, 0.29) is 29.9 Å². The number of amides is 2. The molecule has 4 rings (SSSR count). The smallest absolute Gasteiger partial charge is 0.316 e. The number of carbonyl (C=O) groups is 1. The van der Waals surface area contributed by atoms with E-state index in [1.165, 1.54) is 25.7 Å². The number of hydrogen-bond donors (Lipinski definition) is 4. The van der Waals surface area contributed by atoms with Gasteiger partial charge in [0.05, 0.1) is 18.4 Å². The van der Waals surface area contributed by atoms with Gasteiger partial charge in [0.1, 0.15) is 5.50 Å². The molecule has 0 radical (unpaired) electrons. The monoisotopic (exact) mass is 398 g/mol. The molecule has 2 saturated carbocycles. The van der Waals surface area contributed by atoms with Gasteiger partial charge in [-0.05, 0) is 38.0 Å². The summed E-state index contributed by atoms with van der Waals surface area (Å²) in [4.78, 5) is 12.0. The van der Waals surface area contributed by atoms with Gasteiger partial charge in [0.2, 0.25) is 0 Å². The second kappa shape index (κ2) is 8.86. The van der Waals surface area contributed by atoms with E-state index < -0.39 is 0 Å². The number of ether oxygens (including phenoxy) is 2. The van der Waals surface area contributed by atoms with Gasteiger partial charge in [-0.1, -0.05) is 12.8 Å². The molecule has 4 aliphatic rings. The Hall–Kier alpha value is -0.540. The lowest BCUT2D eigenvalue weighted by Crippen LogP contribution is -2.67. The van der Waals surface area contributed by atoms with Crippen molar-refractivity contribution in [2.75, 3.05) is 20.0 Å². The van der Waals surface area contributed by atoms with E-state index in [0.717, 1.165) is 25.0 Å². The number of hydrogen-bond acceptors (Lipinski definition) is 6. The molecular formula is C19H34N4O3S. The first-order valence-corrected chi connectivity index (χ1v) is 11.5. The number of methoxy groups -OCH3 is 2. The maximum Gasteiger partial charge on any atom is 0.316 e. The molecule has 2 aliphatic carbocycles. The van der Waals surface area contributed by atoms with E-state index in [2.05, 4.69) is 21.3 Å². The second-order valence-corrected chi connectivity index (χ2v) is 9.56. The SMILES string of the molecule is COC1CCC(C2CSC(NC3NC(=O)NC4CCCCC43)N2)CC1OC. The average molecular weight is 399 g/mol. The summed E-state index contributed by atoms with van der Waals surface area (Å²) < 4.78 is 11.3. The number of thioether (sulfide) groups is 1. The Bertz CT molecular complexity index is 525. The molecule has 2 amide bonds. The van der Waals surface area contributed by atoms with Gasteiger partial charge in [0.15, 0.2) is 0 Å². The Labute approximate surface area is 166 Å². The summed E-state index contributed by atoms with van der Waals surface area (Å²) in [6, 6.07) is 0.775. The molecule has 154 valence electrons. The van der Waals surface area contributed by atoms with Crippen LogP contribution < -0.4 is 21.3 Å². The molecule has 8 heteroatoms. The third kappa shape index (κ3) is 4.40. The Morgan fingerprint density at radius 1 is 1.00 bits per heavy atom. The highest BCUT2D eigenvalue weighted by atomic mass is 32.2. The summed E-state index contributed by atoms with van der Waals surface area (Å²) in [6.07, 6.45) is 8.52. The molecule has 0 aromatic heterocycles. The maximum atomic E-state index is 12.0. The molecule has 2 saturated heterocycles. The highest BCUT2D eigenvalue weighted by Crippen LogP contribution is 2.35. The quantitative estimate of drug-likeness (QED) is 0.563. The molecule has 0 spiro atoms.